The van der Waals surface area contributed by atoms with Crippen molar-refractivity contribution in [1.29, 1.82) is 5.41 Å². The number of amidine groups is 1. The van der Waals surface area contributed by atoms with Crippen molar-refractivity contribution in [2.75, 3.05) is 19.8 Å². The van der Waals surface area contributed by atoms with E-state index in [9.17, 15) is 4.79 Å². The first-order valence-electron chi connectivity index (χ1n) is 10.6. The second kappa shape index (κ2) is 9.46. The van der Waals surface area contributed by atoms with Crippen LogP contribution < -0.4 is 16.2 Å². The number of hydrogen-bond donors (Lipinski definition) is 3. The van der Waals surface area contributed by atoms with Crippen LogP contribution in [-0.4, -0.2) is 35.7 Å². The van der Waals surface area contributed by atoms with Crippen molar-refractivity contribution in [3.63, 3.8) is 0 Å². The Morgan fingerprint density at radius 3 is 2.24 bits per heavy atom. The zero-order chi connectivity index (χ0) is 24.2. The molecule has 3 aromatic carbocycles. The molecule has 7 nitrogen and oxygen atoms in total. The highest BCUT2D eigenvalue weighted by atomic mass is 16.5. The van der Waals surface area contributed by atoms with Crippen LogP contribution in [0.5, 0.6) is 11.5 Å². The van der Waals surface area contributed by atoms with Crippen LogP contribution in [0.25, 0.3) is 22.4 Å². The van der Waals surface area contributed by atoms with E-state index in [1.165, 1.54) is 4.90 Å². The van der Waals surface area contributed by atoms with Gasteiger partial charge in [-0.05, 0) is 54.1 Å². The Bertz CT molecular complexity index is 1350. The lowest BCUT2D eigenvalue weighted by molar-refractivity contribution is 0.0827. The molecule has 4 rings (SSSR count). The fourth-order valence-electron chi connectivity index (χ4n) is 3.63. The van der Waals surface area contributed by atoms with Gasteiger partial charge in [-0.2, -0.15) is 0 Å². The fraction of sp³-hybridized carbons (Fsp3) is 0.0741. The number of rotatable bonds is 6. The standard InChI is InChI=1S/C27H25N5O2/c1-32(2)27(33)19-8-6-7-18(15-19)22-16-31-25(23(24(22)28)26(29)30)17-11-13-21(14-12-17)34-20-9-4-3-5-10-20/h3-16H,1-2H3,(H2,28,31)(H3,29,30). The summed E-state index contributed by atoms with van der Waals surface area (Å²) >= 11 is 0. The fourth-order valence-corrected chi connectivity index (χ4v) is 3.63. The van der Waals surface area contributed by atoms with Crippen molar-refractivity contribution in [3.05, 3.63) is 96.2 Å². The lowest BCUT2D eigenvalue weighted by Crippen LogP contribution is -2.21. The van der Waals surface area contributed by atoms with Crippen LogP contribution in [0.15, 0.2) is 85.1 Å². The number of aromatic nitrogens is 1. The van der Waals surface area contributed by atoms with Gasteiger partial charge < -0.3 is 21.1 Å². The minimum absolute atomic E-state index is 0.116. The summed E-state index contributed by atoms with van der Waals surface area (Å²) in [7, 11) is 3.40. The monoisotopic (exact) mass is 451 g/mol. The lowest BCUT2D eigenvalue weighted by Gasteiger charge is -2.16. The lowest BCUT2D eigenvalue weighted by atomic mass is 9.96. The molecule has 5 N–H and O–H groups in total. The number of anilines is 1. The first-order chi connectivity index (χ1) is 16.3. The molecule has 34 heavy (non-hydrogen) atoms. The van der Waals surface area contributed by atoms with Gasteiger partial charge in [0.1, 0.15) is 17.3 Å². The number of pyridine rings is 1. The minimum atomic E-state index is -0.188. The molecule has 0 bridgehead atoms. The summed E-state index contributed by atoms with van der Waals surface area (Å²) in [6.07, 6.45) is 1.64. The van der Waals surface area contributed by atoms with Gasteiger partial charge in [-0.25, -0.2) is 0 Å². The summed E-state index contributed by atoms with van der Waals surface area (Å²) in [5.41, 5.74) is 16.2. The molecule has 1 amide bonds. The zero-order valence-corrected chi connectivity index (χ0v) is 18.9. The topological polar surface area (TPSA) is 118 Å². The van der Waals surface area contributed by atoms with Gasteiger partial charge in [-0.1, -0.05) is 30.3 Å². The van der Waals surface area contributed by atoms with E-state index in [2.05, 4.69) is 4.98 Å². The van der Waals surface area contributed by atoms with Gasteiger partial charge in [0.05, 0.1) is 16.9 Å². The number of nitrogens with two attached hydrogens (primary N) is 2. The molecule has 0 radical (unpaired) electrons. The van der Waals surface area contributed by atoms with Crippen LogP contribution in [-0.2, 0) is 0 Å². The number of carbonyl (C=O) groups is 1. The SMILES string of the molecule is CN(C)C(=O)c1cccc(-c2cnc(-c3ccc(Oc4ccccc4)cc3)c(C(=N)N)c2N)c1. The van der Waals surface area contributed by atoms with Crippen molar-refractivity contribution >= 4 is 17.4 Å². The molecule has 0 saturated heterocycles. The maximum atomic E-state index is 12.4. The summed E-state index contributed by atoms with van der Waals surface area (Å²) in [5.74, 6) is 1.11. The molecule has 7 heteroatoms. The average Bonchev–Trinajstić information content (AvgIpc) is 2.84. The van der Waals surface area contributed by atoms with E-state index in [0.717, 1.165) is 16.9 Å². The molecule has 0 aliphatic rings. The van der Waals surface area contributed by atoms with Gasteiger partial charge in [-0.15, -0.1) is 0 Å². The maximum absolute atomic E-state index is 12.4. The van der Waals surface area contributed by atoms with Gasteiger partial charge in [0, 0.05) is 37.0 Å². The molecule has 0 atom stereocenters. The number of amides is 1. The highest BCUT2D eigenvalue weighted by Crippen LogP contribution is 2.35. The van der Waals surface area contributed by atoms with Gasteiger partial charge in [0.2, 0.25) is 0 Å². The number of carbonyl (C=O) groups excluding carboxylic acids is 1. The molecule has 4 aromatic rings. The number of nitrogen functional groups attached to an aromatic ring is 2. The number of nitrogens with one attached hydrogen (secondary N) is 1. The summed E-state index contributed by atoms with van der Waals surface area (Å²) in [5, 5.41) is 8.16. The summed E-state index contributed by atoms with van der Waals surface area (Å²) in [6.45, 7) is 0. The van der Waals surface area contributed by atoms with Crippen molar-refractivity contribution in [2.24, 2.45) is 5.73 Å². The van der Waals surface area contributed by atoms with Crippen molar-refractivity contribution in [2.45, 2.75) is 0 Å². The summed E-state index contributed by atoms with van der Waals surface area (Å²) in [4.78, 5) is 18.5. The van der Waals surface area contributed by atoms with Crippen molar-refractivity contribution < 1.29 is 9.53 Å². The Hall–Kier alpha value is -4.65. The third-order valence-corrected chi connectivity index (χ3v) is 5.32. The van der Waals surface area contributed by atoms with E-state index in [1.807, 2.05) is 60.7 Å². The molecule has 0 spiro atoms. The normalized spacial score (nSPS) is 10.5. The molecule has 0 saturated carbocycles. The highest BCUT2D eigenvalue weighted by molar-refractivity contribution is 6.08. The molecule has 0 fully saturated rings. The number of para-hydroxylation sites is 1. The van der Waals surface area contributed by atoms with Gasteiger partial charge in [-0.3, -0.25) is 15.2 Å². The van der Waals surface area contributed by atoms with Crippen molar-refractivity contribution in [1.82, 2.24) is 9.88 Å². The van der Waals surface area contributed by atoms with E-state index >= 15 is 0 Å². The molecular formula is C27H25N5O2. The highest BCUT2D eigenvalue weighted by Gasteiger charge is 2.18. The van der Waals surface area contributed by atoms with E-state index < -0.39 is 0 Å². The first kappa shape index (κ1) is 22.5. The average molecular weight is 452 g/mol. The molecular weight excluding hydrogens is 426 g/mol. The number of ether oxygens (including phenoxy) is 1. The second-order valence-electron chi connectivity index (χ2n) is 7.94. The van der Waals surface area contributed by atoms with Crippen LogP contribution in [0.1, 0.15) is 15.9 Å². The third-order valence-electron chi connectivity index (χ3n) is 5.32. The Balaban J connectivity index is 1.71. The minimum Gasteiger partial charge on any atom is -0.457 e. The van der Waals surface area contributed by atoms with E-state index in [4.69, 9.17) is 21.6 Å². The summed E-state index contributed by atoms with van der Waals surface area (Å²) in [6, 6.07) is 24.0. The predicted octanol–water partition coefficient (Wildman–Crippen LogP) is 4.78. The first-order valence-corrected chi connectivity index (χ1v) is 10.6. The molecule has 170 valence electrons. The van der Waals surface area contributed by atoms with E-state index in [1.54, 1.807) is 38.5 Å². The third kappa shape index (κ3) is 4.59. The molecule has 0 unspecified atom stereocenters. The molecule has 0 aliphatic carbocycles. The van der Waals surface area contributed by atoms with Gasteiger partial charge in [0.25, 0.3) is 5.91 Å². The Kier molecular flexibility index (Phi) is 6.27. The quantitative estimate of drug-likeness (QED) is 0.288. The van der Waals surface area contributed by atoms with Gasteiger partial charge >= 0.3 is 0 Å². The molecule has 1 aromatic heterocycles. The van der Waals surface area contributed by atoms with Crippen LogP contribution in [0.2, 0.25) is 0 Å². The summed E-state index contributed by atoms with van der Waals surface area (Å²) < 4.78 is 5.85. The Labute approximate surface area is 198 Å². The van der Waals surface area contributed by atoms with E-state index in [0.29, 0.717) is 33.8 Å². The van der Waals surface area contributed by atoms with Crippen molar-refractivity contribution in [3.8, 4) is 33.9 Å². The Morgan fingerprint density at radius 1 is 0.912 bits per heavy atom. The van der Waals surface area contributed by atoms with E-state index in [-0.39, 0.29) is 11.7 Å². The molecule has 0 aliphatic heterocycles. The predicted molar refractivity (Wildman–Crippen MR) is 135 cm³/mol. The van der Waals surface area contributed by atoms with Crippen LogP contribution in [0.4, 0.5) is 5.69 Å². The zero-order valence-electron chi connectivity index (χ0n) is 18.9. The van der Waals surface area contributed by atoms with Gasteiger partial charge in [0.15, 0.2) is 0 Å². The Morgan fingerprint density at radius 2 is 1.59 bits per heavy atom. The largest absolute Gasteiger partial charge is 0.457 e. The smallest absolute Gasteiger partial charge is 0.253 e. The number of nitrogens with zero attached hydrogens (tertiary/aromatic N) is 2. The maximum Gasteiger partial charge on any atom is 0.253 e. The second-order valence-corrected chi connectivity index (χ2v) is 7.94. The number of benzene rings is 3. The van der Waals surface area contributed by atoms with Crippen LogP contribution >= 0.6 is 0 Å². The van der Waals surface area contributed by atoms with Crippen LogP contribution in [0.3, 0.4) is 0 Å². The number of hydrogen-bond acceptors (Lipinski definition) is 5. The molecule has 1 heterocycles. The van der Waals surface area contributed by atoms with Crippen LogP contribution in [0, 0.1) is 5.41 Å².